The molecule has 0 aliphatic heterocycles. The van der Waals surface area contributed by atoms with Crippen molar-refractivity contribution in [1.82, 2.24) is 10.4 Å². The quantitative estimate of drug-likeness (QED) is 0.451. The minimum Gasteiger partial charge on any atom is -0.271 e. The summed E-state index contributed by atoms with van der Waals surface area (Å²) in [6, 6.07) is 10.6. The van der Waals surface area contributed by atoms with Gasteiger partial charge < -0.3 is 0 Å². The summed E-state index contributed by atoms with van der Waals surface area (Å²) in [4.78, 5) is 4.40. The van der Waals surface area contributed by atoms with Crippen molar-refractivity contribution in [2.75, 3.05) is 0 Å². The van der Waals surface area contributed by atoms with Crippen molar-refractivity contribution in [2.45, 2.75) is 45.1 Å². The Labute approximate surface area is 115 Å². The number of nitrogens with two attached hydrogens (primary N) is 1. The number of hydrazine groups is 1. The number of pyridine rings is 1. The van der Waals surface area contributed by atoms with Gasteiger partial charge in [-0.25, -0.2) is 0 Å². The second kappa shape index (κ2) is 7.22. The molecule has 1 aromatic carbocycles. The van der Waals surface area contributed by atoms with Gasteiger partial charge in [-0.3, -0.25) is 16.3 Å². The van der Waals surface area contributed by atoms with Gasteiger partial charge in [-0.1, -0.05) is 50.8 Å². The van der Waals surface area contributed by atoms with Crippen LogP contribution in [0.3, 0.4) is 0 Å². The third-order valence-corrected chi connectivity index (χ3v) is 3.60. The zero-order chi connectivity index (χ0) is 13.5. The molecule has 2 aromatic rings. The van der Waals surface area contributed by atoms with Gasteiger partial charge in [-0.05, 0) is 24.1 Å². The molecule has 1 atom stereocenters. The highest BCUT2D eigenvalue weighted by molar-refractivity contribution is 5.82. The number of nitrogens with zero attached hydrogens (tertiary/aromatic N) is 1. The fourth-order valence-corrected chi connectivity index (χ4v) is 2.53. The summed E-state index contributed by atoms with van der Waals surface area (Å²) in [7, 11) is 0. The topological polar surface area (TPSA) is 50.9 Å². The number of aromatic nitrogens is 1. The summed E-state index contributed by atoms with van der Waals surface area (Å²) >= 11 is 0. The number of fused-ring (bicyclic) bond motifs is 1. The zero-order valence-corrected chi connectivity index (χ0v) is 11.6. The highest BCUT2D eigenvalue weighted by Crippen LogP contribution is 2.26. The lowest BCUT2D eigenvalue weighted by Crippen LogP contribution is -2.28. The van der Waals surface area contributed by atoms with Gasteiger partial charge in [0.05, 0.1) is 5.52 Å². The average molecular weight is 257 g/mol. The fourth-order valence-electron chi connectivity index (χ4n) is 2.53. The standard InChI is InChI=1S/C16H23N3/c1-2-3-4-5-10-16(19-17)14-8-6-11-15-13(14)9-7-12-18-15/h6-9,11-12,16,19H,2-5,10,17H2,1H3. The van der Waals surface area contributed by atoms with Crippen LogP contribution in [0, 0.1) is 0 Å². The molecule has 19 heavy (non-hydrogen) atoms. The van der Waals surface area contributed by atoms with Crippen molar-refractivity contribution < 1.29 is 0 Å². The van der Waals surface area contributed by atoms with Gasteiger partial charge in [0.2, 0.25) is 0 Å². The van der Waals surface area contributed by atoms with Crippen molar-refractivity contribution >= 4 is 10.9 Å². The molecule has 3 heteroatoms. The summed E-state index contributed by atoms with van der Waals surface area (Å²) in [6.07, 6.45) is 7.95. The molecule has 3 nitrogen and oxygen atoms in total. The molecule has 102 valence electrons. The first-order chi connectivity index (χ1) is 9.36. The zero-order valence-electron chi connectivity index (χ0n) is 11.6. The molecule has 0 aliphatic carbocycles. The second-order valence-corrected chi connectivity index (χ2v) is 4.99. The van der Waals surface area contributed by atoms with Crippen LogP contribution in [-0.4, -0.2) is 4.98 Å². The molecule has 0 saturated carbocycles. The van der Waals surface area contributed by atoms with Crippen molar-refractivity contribution in [2.24, 2.45) is 5.84 Å². The van der Waals surface area contributed by atoms with Crippen LogP contribution in [0.1, 0.15) is 50.6 Å². The molecule has 1 heterocycles. The summed E-state index contributed by atoms with van der Waals surface area (Å²) < 4.78 is 0. The Bertz CT molecular complexity index is 505. The molecular weight excluding hydrogens is 234 g/mol. The van der Waals surface area contributed by atoms with E-state index >= 15 is 0 Å². The van der Waals surface area contributed by atoms with E-state index in [2.05, 4.69) is 35.5 Å². The molecule has 0 bridgehead atoms. The molecule has 1 aromatic heterocycles. The molecule has 0 fully saturated rings. The SMILES string of the molecule is CCCCCCC(NN)c1cccc2ncccc12. The number of nitrogens with one attached hydrogen (secondary N) is 1. The molecule has 2 rings (SSSR count). The molecule has 0 amide bonds. The Hall–Kier alpha value is -1.45. The fraction of sp³-hybridized carbons (Fsp3) is 0.438. The first-order valence-corrected chi connectivity index (χ1v) is 7.16. The Kier molecular flexibility index (Phi) is 5.31. The molecule has 0 aliphatic rings. The Balaban J connectivity index is 2.16. The van der Waals surface area contributed by atoms with E-state index in [0.29, 0.717) is 0 Å². The van der Waals surface area contributed by atoms with Gasteiger partial charge in [-0.2, -0.15) is 0 Å². The highest BCUT2D eigenvalue weighted by atomic mass is 15.2. The third-order valence-electron chi connectivity index (χ3n) is 3.60. The lowest BCUT2D eigenvalue weighted by atomic mass is 9.97. The third kappa shape index (κ3) is 3.52. The Morgan fingerprint density at radius 2 is 2.05 bits per heavy atom. The number of benzene rings is 1. The number of hydrogen-bond acceptors (Lipinski definition) is 3. The van der Waals surface area contributed by atoms with E-state index in [1.807, 2.05) is 18.3 Å². The van der Waals surface area contributed by atoms with Gasteiger partial charge in [-0.15, -0.1) is 0 Å². The van der Waals surface area contributed by atoms with E-state index < -0.39 is 0 Å². The minimum atomic E-state index is 0.213. The van der Waals surface area contributed by atoms with Crippen molar-refractivity contribution in [1.29, 1.82) is 0 Å². The molecule has 0 saturated heterocycles. The Morgan fingerprint density at radius 3 is 2.84 bits per heavy atom. The summed E-state index contributed by atoms with van der Waals surface area (Å²) in [6.45, 7) is 2.23. The van der Waals surface area contributed by atoms with Gasteiger partial charge in [0.25, 0.3) is 0 Å². The lowest BCUT2D eigenvalue weighted by Gasteiger charge is -2.18. The summed E-state index contributed by atoms with van der Waals surface area (Å²) in [5.41, 5.74) is 5.25. The first kappa shape index (κ1) is 14.0. The highest BCUT2D eigenvalue weighted by Gasteiger charge is 2.12. The van der Waals surface area contributed by atoms with Gasteiger partial charge >= 0.3 is 0 Å². The summed E-state index contributed by atoms with van der Waals surface area (Å²) in [5.74, 6) is 5.74. The van der Waals surface area contributed by atoms with E-state index in [4.69, 9.17) is 5.84 Å². The largest absolute Gasteiger partial charge is 0.271 e. The Morgan fingerprint density at radius 1 is 1.16 bits per heavy atom. The van der Waals surface area contributed by atoms with Crippen LogP contribution in [0.15, 0.2) is 36.5 Å². The van der Waals surface area contributed by atoms with Crippen LogP contribution in [-0.2, 0) is 0 Å². The van der Waals surface area contributed by atoms with Crippen LogP contribution in [0.25, 0.3) is 10.9 Å². The number of unbranched alkanes of at least 4 members (excludes halogenated alkanes) is 3. The van der Waals surface area contributed by atoms with Crippen LogP contribution >= 0.6 is 0 Å². The molecular formula is C16H23N3. The lowest BCUT2D eigenvalue weighted by molar-refractivity contribution is 0.484. The molecule has 0 spiro atoms. The van der Waals surface area contributed by atoms with Crippen LogP contribution in [0.5, 0.6) is 0 Å². The molecule has 1 unspecified atom stereocenters. The molecule has 0 radical (unpaired) electrons. The monoisotopic (exact) mass is 257 g/mol. The van der Waals surface area contributed by atoms with E-state index in [1.54, 1.807) is 0 Å². The normalized spacial score (nSPS) is 12.7. The average Bonchev–Trinajstić information content (AvgIpc) is 2.47. The summed E-state index contributed by atoms with van der Waals surface area (Å²) in [5, 5.41) is 1.20. The number of rotatable bonds is 7. The van der Waals surface area contributed by atoms with E-state index in [9.17, 15) is 0 Å². The maximum Gasteiger partial charge on any atom is 0.0705 e. The van der Waals surface area contributed by atoms with E-state index in [0.717, 1.165) is 11.9 Å². The smallest absolute Gasteiger partial charge is 0.0705 e. The van der Waals surface area contributed by atoms with Crippen LogP contribution in [0.2, 0.25) is 0 Å². The van der Waals surface area contributed by atoms with Crippen molar-refractivity contribution in [3.8, 4) is 0 Å². The minimum absolute atomic E-state index is 0.213. The van der Waals surface area contributed by atoms with Crippen LogP contribution < -0.4 is 11.3 Å². The number of hydrogen-bond donors (Lipinski definition) is 2. The maximum atomic E-state index is 5.74. The van der Waals surface area contributed by atoms with E-state index in [1.165, 1.54) is 36.6 Å². The predicted molar refractivity (Wildman–Crippen MR) is 80.6 cm³/mol. The van der Waals surface area contributed by atoms with Crippen molar-refractivity contribution in [3.63, 3.8) is 0 Å². The molecule has 3 N–H and O–H groups in total. The second-order valence-electron chi connectivity index (χ2n) is 4.99. The van der Waals surface area contributed by atoms with Crippen LogP contribution in [0.4, 0.5) is 0 Å². The van der Waals surface area contributed by atoms with Gasteiger partial charge in [0.1, 0.15) is 0 Å². The van der Waals surface area contributed by atoms with Crippen molar-refractivity contribution in [3.05, 3.63) is 42.1 Å². The predicted octanol–water partition coefficient (Wildman–Crippen LogP) is 3.71. The first-order valence-electron chi connectivity index (χ1n) is 7.16. The van der Waals surface area contributed by atoms with E-state index in [-0.39, 0.29) is 6.04 Å². The van der Waals surface area contributed by atoms with Gasteiger partial charge in [0.15, 0.2) is 0 Å². The maximum absolute atomic E-state index is 5.74. The van der Waals surface area contributed by atoms with Gasteiger partial charge in [0, 0.05) is 17.6 Å².